The molecule has 6 heteroatoms. The molecule has 1 atom stereocenters. The lowest BCUT2D eigenvalue weighted by Crippen LogP contribution is -2.29. The van der Waals surface area contributed by atoms with Crippen LogP contribution in [0.4, 0.5) is 10.1 Å². The van der Waals surface area contributed by atoms with Gasteiger partial charge in [0.25, 0.3) is 5.91 Å². The normalized spacial score (nSPS) is 12.0. The van der Waals surface area contributed by atoms with Gasteiger partial charge in [0.1, 0.15) is 5.82 Å². The second kappa shape index (κ2) is 8.44. The number of benzene rings is 2. The first-order valence-electron chi connectivity index (χ1n) is 7.57. The monoisotopic (exact) mass is 361 g/mol. The number of ether oxygens (including phenoxy) is 1. The Balaban J connectivity index is 1.94. The van der Waals surface area contributed by atoms with E-state index in [4.69, 9.17) is 16.3 Å². The molecule has 2 rings (SSSR count). The van der Waals surface area contributed by atoms with Gasteiger partial charge in [-0.25, -0.2) is 9.18 Å². The van der Waals surface area contributed by atoms with Crippen molar-refractivity contribution < 1.29 is 18.7 Å². The van der Waals surface area contributed by atoms with Crippen molar-refractivity contribution in [2.75, 3.05) is 5.32 Å². The second-order valence-electron chi connectivity index (χ2n) is 5.40. The summed E-state index contributed by atoms with van der Waals surface area (Å²) in [7, 11) is 0. The molecule has 2 aromatic carbocycles. The van der Waals surface area contributed by atoms with Crippen molar-refractivity contribution in [2.45, 2.75) is 20.0 Å². The molecule has 0 fully saturated rings. The molecule has 0 spiro atoms. The van der Waals surface area contributed by atoms with E-state index in [2.05, 4.69) is 5.32 Å². The molecule has 0 saturated carbocycles. The highest BCUT2D eigenvalue weighted by molar-refractivity contribution is 6.32. The lowest BCUT2D eigenvalue weighted by molar-refractivity contribution is -0.148. The molecule has 1 N–H and O–H groups in total. The standard InChI is InChI=1S/C19H17ClFNO3/c1-12-6-8-14(9-7-12)22-19(24)13(2)25-18(23)11-10-15-16(20)4-3-5-17(15)21/h3-11,13H,1-2H3,(H,22,24)/b11-10+/t13-/m0/s1. The van der Waals surface area contributed by atoms with Gasteiger partial charge in [0.15, 0.2) is 6.10 Å². The van der Waals surface area contributed by atoms with Crippen molar-refractivity contribution in [2.24, 2.45) is 0 Å². The van der Waals surface area contributed by atoms with Gasteiger partial charge in [0.2, 0.25) is 0 Å². The van der Waals surface area contributed by atoms with Gasteiger partial charge in [-0.15, -0.1) is 0 Å². The molecule has 0 aliphatic rings. The SMILES string of the molecule is Cc1ccc(NC(=O)[C@H](C)OC(=O)/C=C/c2c(F)cccc2Cl)cc1. The zero-order valence-electron chi connectivity index (χ0n) is 13.8. The minimum atomic E-state index is -1.01. The second-order valence-corrected chi connectivity index (χ2v) is 5.81. The summed E-state index contributed by atoms with van der Waals surface area (Å²) in [5, 5.41) is 2.82. The Morgan fingerprint density at radius 2 is 1.88 bits per heavy atom. The van der Waals surface area contributed by atoms with Crippen molar-refractivity contribution in [3.63, 3.8) is 0 Å². The van der Waals surface area contributed by atoms with Gasteiger partial charge in [0.05, 0.1) is 5.02 Å². The Kier molecular flexibility index (Phi) is 6.31. The maximum Gasteiger partial charge on any atom is 0.331 e. The minimum Gasteiger partial charge on any atom is -0.449 e. The fraction of sp³-hybridized carbons (Fsp3) is 0.158. The lowest BCUT2D eigenvalue weighted by Gasteiger charge is -2.12. The zero-order valence-corrected chi connectivity index (χ0v) is 14.5. The highest BCUT2D eigenvalue weighted by atomic mass is 35.5. The quantitative estimate of drug-likeness (QED) is 0.635. The average Bonchev–Trinajstić information content (AvgIpc) is 2.56. The molecular formula is C19H17ClFNO3. The number of aryl methyl sites for hydroxylation is 1. The van der Waals surface area contributed by atoms with Crippen LogP contribution in [0.2, 0.25) is 5.02 Å². The van der Waals surface area contributed by atoms with Crippen LogP contribution in [-0.2, 0) is 14.3 Å². The Morgan fingerprint density at radius 1 is 1.20 bits per heavy atom. The fourth-order valence-electron chi connectivity index (χ4n) is 1.97. The predicted octanol–water partition coefficient (Wildman–Crippen LogP) is 4.37. The molecule has 0 bridgehead atoms. The molecule has 0 unspecified atom stereocenters. The number of esters is 1. The van der Waals surface area contributed by atoms with Crippen LogP contribution >= 0.6 is 11.6 Å². The number of nitrogens with one attached hydrogen (secondary N) is 1. The molecular weight excluding hydrogens is 345 g/mol. The number of amides is 1. The van der Waals surface area contributed by atoms with E-state index in [9.17, 15) is 14.0 Å². The van der Waals surface area contributed by atoms with E-state index >= 15 is 0 Å². The Hall–Kier alpha value is -2.66. The van der Waals surface area contributed by atoms with Crippen LogP contribution in [0.1, 0.15) is 18.1 Å². The van der Waals surface area contributed by atoms with Gasteiger partial charge in [0, 0.05) is 17.3 Å². The van der Waals surface area contributed by atoms with Crippen molar-refractivity contribution in [1.82, 2.24) is 0 Å². The van der Waals surface area contributed by atoms with Gasteiger partial charge in [-0.2, -0.15) is 0 Å². The van der Waals surface area contributed by atoms with Crippen LogP contribution in [0.15, 0.2) is 48.5 Å². The molecule has 0 aromatic heterocycles. The summed E-state index contributed by atoms with van der Waals surface area (Å²) in [5.41, 5.74) is 1.75. The van der Waals surface area contributed by atoms with E-state index in [0.717, 1.165) is 11.6 Å². The van der Waals surface area contributed by atoms with Gasteiger partial charge < -0.3 is 10.1 Å². The molecule has 0 radical (unpaired) electrons. The highest BCUT2D eigenvalue weighted by Gasteiger charge is 2.16. The van der Waals surface area contributed by atoms with Crippen LogP contribution in [0, 0.1) is 12.7 Å². The van der Waals surface area contributed by atoms with Gasteiger partial charge in [-0.05, 0) is 44.2 Å². The topological polar surface area (TPSA) is 55.4 Å². The third kappa shape index (κ3) is 5.43. The van der Waals surface area contributed by atoms with Crippen molar-refractivity contribution in [3.8, 4) is 0 Å². The Bertz CT molecular complexity index is 783. The summed E-state index contributed by atoms with van der Waals surface area (Å²) in [6.45, 7) is 3.38. The Labute approximate surface area is 150 Å². The number of anilines is 1. The third-order valence-electron chi connectivity index (χ3n) is 3.37. The van der Waals surface area contributed by atoms with E-state index < -0.39 is 23.8 Å². The van der Waals surface area contributed by atoms with Crippen LogP contribution < -0.4 is 5.32 Å². The fourth-order valence-corrected chi connectivity index (χ4v) is 2.20. The number of rotatable bonds is 5. The molecule has 0 saturated heterocycles. The van der Waals surface area contributed by atoms with Crippen LogP contribution in [0.25, 0.3) is 6.08 Å². The van der Waals surface area contributed by atoms with Crippen molar-refractivity contribution in [3.05, 3.63) is 70.5 Å². The summed E-state index contributed by atoms with van der Waals surface area (Å²) >= 11 is 5.86. The van der Waals surface area contributed by atoms with Crippen molar-refractivity contribution in [1.29, 1.82) is 0 Å². The van der Waals surface area contributed by atoms with Gasteiger partial charge in [-0.3, -0.25) is 4.79 Å². The highest BCUT2D eigenvalue weighted by Crippen LogP contribution is 2.20. The molecule has 0 heterocycles. The number of halogens is 2. The van der Waals surface area contributed by atoms with E-state index in [1.807, 2.05) is 19.1 Å². The smallest absolute Gasteiger partial charge is 0.331 e. The van der Waals surface area contributed by atoms with Gasteiger partial charge >= 0.3 is 5.97 Å². The van der Waals surface area contributed by atoms with Crippen LogP contribution in [0.3, 0.4) is 0 Å². The molecule has 2 aromatic rings. The minimum absolute atomic E-state index is 0.0814. The first kappa shape index (κ1) is 18.7. The average molecular weight is 362 g/mol. The predicted molar refractivity (Wildman–Crippen MR) is 95.8 cm³/mol. The number of carbonyl (C=O) groups excluding carboxylic acids is 2. The molecule has 130 valence electrons. The van der Waals surface area contributed by atoms with E-state index in [1.165, 1.54) is 31.2 Å². The molecule has 0 aliphatic carbocycles. The largest absolute Gasteiger partial charge is 0.449 e. The molecule has 1 amide bonds. The molecule has 0 aliphatic heterocycles. The Morgan fingerprint density at radius 3 is 2.52 bits per heavy atom. The summed E-state index contributed by atoms with van der Waals surface area (Å²) in [6, 6.07) is 11.4. The van der Waals surface area contributed by atoms with E-state index in [-0.39, 0.29) is 10.6 Å². The third-order valence-corrected chi connectivity index (χ3v) is 3.70. The summed E-state index contributed by atoms with van der Waals surface area (Å²) in [5.74, 6) is -1.79. The summed E-state index contributed by atoms with van der Waals surface area (Å²) in [4.78, 5) is 23.8. The maximum absolute atomic E-state index is 13.6. The maximum atomic E-state index is 13.6. The lowest BCUT2D eigenvalue weighted by atomic mass is 10.2. The number of hydrogen-bond acceptors (Lipinski definition) is 3. The summed E-state index contributed by atoms with van der Waals surface area (Å²) < 4.78 is 18.6. The van der Waals surface area contributed by atoms with Crippen molar-refractivity contribution >= 4 is 35.2 Å². The first-order chi connectivity index (χ1) is 11.9. The first-order valence-corrected chi connectivity index (χ1v) is 7.95. The van der Waals surface area contributed by atoms with Crippen LogP contribution in [0.5, 0.6) is 0 Å². The zero-order chi connectivity index (χ0) is 18.4. The van der Waals surface area contributed by atoms with Crippen LogP contribution in [-0.4, -0.2) is 18.0 Å². The van der Waals surface area contributed by atoms with E-state index in [0.29, 0.717) is 5.69 Å². The molecule has 25 heavy (non-hydrogen) atoms. The number of carbonyl (C=O) groups is 2. The molecule has 4 nitrogen and oxygen atoms in total. The van der Waals surface area contributed by atoms with E-state index in [1.54, 1.807) is 12.1 Å². The van der Waals surface area contributed by atoms with Gasteiger partial charge in [-0.1, -0.05) is 35.4 Å². The summed E-state index contributed by atoms with van der Waals surface area (Å²) in [6.07, 6.45) is 1.24. The number of hydrogen-bond donors (Lipinski definition) is 1.